The summed E-state index contributed by atoms with van der Waals surface area (Å²) in [6.07, 6.45) is -1.77. The van der Waals surface area contributed by atoms with Gasteiger partial charge in [-0.15, -0.1) is 0 Å². The molecule has 2 N–H and O–H groups in total. The van der Waals surface area contributed by atoms with Gasteiger partial charge in [-0.25, -0.2) is 9.18 Å². The summed E-state index contributed by atoms with van der Waals surface area (Å²) in [5.41, 5.74) is -1.17. The Morgan fingerprint density at radius 2 is 2.38 bits per heavy atom. The molecule has 1 fully saturated rings. The summed E-state index contributed by atoms with van der Waals surface area (Å²) in [6.45, 7) is -0.435. The Labute approximate surface area is 89.3 Å². The van der Waals surface area contributed by atoms with Crippen LogP contribution in [0.25, 0.3) is 0 Å². The van der Waals surface area contributed by atoms with Gasteiger partial charge in [0.25, 0.3) is 5.56 Å². The molecule has 3 atom stereocenters. The first kappa shape index (κ1) is 11.0. The predicted octanol–water partition coefficient (Wildman–Crippen LogP) is -0.845. The van der Waals surface area contributed by atoms with Crippen molar-refractivity contribution in [1.29, 1.82) is 0 Å². The summed E-state index contributed by atoms with van der Waals surface area (Å²) >= 11 is 0. The van der Waals surface area contributed by atoms with Crippen molar-refractivity contribution in [3.05, 3.63) is 33.1 Å². The Morgan fingerprint density at radius 1 is 1.62 bits per heavy atom. The molecule has 2 heterocycles. The highest BCUT2D eigenvalue weighted by Gasteiger charge is 2.36. The molecule has 88 valence electrons. The average molecular weight is 230 g/mol. The first-order valence-electron chi connectivity index (χ1n) is 4.83. The second-order valence-corrected chi connectivity index (χ2v) is 3.58. The van der Waals surface area contributed by atoms with E-state index in [1.54, 1.807) is 0 Å². The summed E-state index contributed by atoms with van der Waals surface area (Å²) in [5.74, 6) is 0. The van der Waals surface area contributed by atoms with E-state index in [1.165, 1.54) is 6.20 Å². The number of hydrogen-bond acceptors (Lipinski definition) is 4. The molecular formula is C9H11FN2O4. The Kier molecular flexibility index (Phi) is 2.88. The van der Waals surface area contributed by atoms with Crippen molar-refractivity contribution in [2.45, 2.75) is 24.9 Å². The molecule has 0 radical (unpaired) electrons. The number of hydrogen-bond donors (Lipinski definition) is 2. The van der Waals surface area contributed by atoms with Gasteiger partial charge in [-0.2, -0.15) is 0 Å². The molecule has 0 saturated carbocycles. The molecule has 0 amide bonds. The third kappa shape index (κ3) is 1.91. The Morgan fingerprint density at radius 3 is 2.94 bits per heavy atom. The van der Waals surface area contributed by atoms with E-state index in [1.807, 2.05) is 0 Å². The van der Waals surface area contributed by atoms with Gasteiger partial charge in [-0.3, -0.25) is 14.3 Å². The highest BCUT2D eigenvalue weighted by Crippen LogP contribution is 2.29. The van der Waals surface area contributed by atoms with Crippen molar-refractivity contribution in [3.8, 4) is 0 Å². The number of aromatic amines is 1. The molecule has 0 aromatic carbocycles. The largest absolute Gasteiger partial charge is 0.394 e. The fourth-order valence-corrected chi connectivity index (χ4v) is 1.68. The highest BCUT2D eigenvalue weighted by molar-refractivity contribution is 4.88. The van der Waals surface area contributed by atoms with E-state index < -0.39 is 36.4 Å². The zero-order chi connectivity index (χ0) is 11.7. The third-order valence-electron chi connectivity index (χ3n) is 2.50. The average Bonchev–Trinajstić information content (AvgIpc) is 2.59. The monoisotopic (exact) mass is 230 g/mol. The lowest BCUT2D eigenvalue weighted by molar-refractivity contribution is -0.0356. The van der Waals surface area contributed by atoms with Gasteiger partial charge in [0, 0.05) is 18.7 Å². The van der Waals surface area contributed by atoms with Crippen molar-refractivity contribution < 1.29 is 14.2 Å². The van der Waals surface area contributed by atoms with Gasteiger partial charge in [-0.1, -0.05) is 0 Å². The lowest BCUT2D eigenvalue weighted by Crippen LogP contribution is -2.31. The molecule has 0 aliphatic carbocycles. The lowest BCUT2D eigenvalue weighted by atomic mass is 10.2. The van der Waals surface area contributed by atoms with Crippen LogP contribution >= 0.6 is 0 Å². The van der Waals surface area contributed by atoms with Crippen LogP contribution in [-0.4, -0.2) is 33.5 Å². The number of aliphatic hydroxyl groups excluding tert-OH is 1. The molecule has 0 bridgehead atoms. The van der Waals surface area contributed by atoms with Crippen molar-refractivity contribution >= 4 is 0 Å². The standard InChI is InChI=1S/C9H11FN2O4/c10-5-3-8(16-6(5)4-13)12-2-1-7(14)11-9(12)15/h1-2,5-6,8,13H,3-4H2,(H,11,14,15)/t5-,6-,8?/m1/s1. The zero-order valence-corrected chi connectivity index (χ0v) is 8.30. The minimum atomic E-state index is -1.31. The number of ether oxygens (including phenoxy) is 1. The highest BCUT2D eigenvalue weighted by atomic mass is 19.1. The van der Waals surface area contributed by atoms with Crippen molar-refractivity contribution in [2.75, 3.05) is 6.61 Å². The normalized spacial score (nSPS) is 29.5. The van der Waals surface area contributed by atoms with Crippen LogP contribution in [0.4, 0.5) is 4.39 Å². The molecule has 2 rings (SSSR count). The van der Waals surface area contributed by atoms with Crippen LogP contribution in [0.5, 0.6) is 0 Å². The van der Waals surface area contributed by atoms with E-state index in [0.29, 0.717) is 0 Å². The number of H-pyrrole nitrogens is 1. The summed E-state index contributed by atoms with van der Waals surface area (Å²) in [6, 6.07) is 1.16. The van der Waals surface area contributed by atoms with Crippen molar-refractivity contribution in [1.82, 2.24) is 9.55 Å². The number of alkyl halides is 1. The Balaban J connectivity index is 2.27. The molecular weight excluding hydrogens is 219 g/mol. The number of nitrogens with zero attached hydrogens (tertiary/aromatic N) is 1. The summed E-state index contributed by atoms with van der Waals surface area (Å²) in [4.78, 5) is 24.2. The van der Waals surface area contributed by atoms with Crippen molar-refractivity contribution in [2.24, 2.45) is 0 Å². The number of aliphatic hydroxyl groups is 1. The van der Waals surface area contributed by atoms with Crippen LogP contribution in [0.1, 0.15) is 12.6 Å². The number of aromatic nitrogens is 2. The van der Waals surface area contributed by atoms with E-state index in [9.17, 15) is 14.0 Å². The molecule has 1 aliphatic rings. The maximum atomic E-state index is 13.3. The van der Waals surface area contributed by atoms with Gasteiger partial charge in [0.05, 0.1) is 6.61 Å². The molecule has 0 spiro atoms. The van der Waals surface area contributed by atoms with E-state index in [4.69, 9.17) is 9.84 Å². The second kappa shape index (κ2) is 4.18. The Hall–Kier alpha value is -1.47. The van der Waals surface area contributed by atoms with E-state index in [0.717, 1.165) is 10.6 Å². The van der Waals surface area contributed by atoms with Crippen LogP contribution in [0.2, 0.25) is 0 Å². The topological polar surface area (TPSA) is 84.3 Å². The Bertz CT molecular complexity index is 483. The lowest BCUT2D eigenvalue weighted by Gasteiger charge is -2.13. The number of rotatable bonds is 2. The molecule has 6 nitrogen and oxygen atoms in total. The van der Waals surface area contributed by atoms with Gasteiger partial charge >= 0.3 is 5.69 Å². The molecule has 16 heavy (non-hydrogen) atoms. The fraction of sp³-hybridized carbons (Fsp3) is 0.556. The van der Waals surface area contributed by atoms with E-state index in [2.05, 4.69) is 4.98 Å². The van der Waals surface area contributed by atoms with Gasteiger partial charge in [0.15, 0.2) is 0 Å². The van der Waals surface area contributed by atoms with Crippen LogP contribution in [-0.2, 0) is 4.74 Å². The molecule has 1 aromatic rings. The first-order chi connectivity index (χ1) is 7.61. The van der Waals surface area contributed by atoms with E-state index >= 15 is 0 Å². The number of nitrogens with one attached hydrogen (secondary N) is 1. The number of halogens is 1. The van der Waals surface area contributed by atoms with Gasteiger partial charge in [-0.05, 0) is 0 Å². The minimum Gasteiger partial charge on any atom is -0.394 e. The quantitative estimate of drug-likeness (QED) is 0.693. The van der Waals surface area contributed by atoms with Crippen molar-refractivity contribution in [3.63, 3.8) is 0 Å². The molecule has 1 aromatic heterocycles. The summed E-state index contributed by atoms with van der Waals surface area (Å²) < 4.78 is 19.5. The van der Waals surface area contributed by atoms with Gasteiger partial charge in [0.1, 0.15) is 18.5 Å². The SMILES string of the molecule is O=c1ccn(C2C[C@@H](F)[C@@H](CO)O2)c(=O)[nH]1. The zero-order valence-electron chi connectivity index (χ0n) is 8.30. The molecule has 1 aliphatic heterocycles. The maximum Gasteiger partial charge on any atom is 0.330 e. The van der Waals surface area contributed by atoms with Crippen LogP contribution in [0.3, 0.4) is 0 Å². The molecule has 7 heteroatoms. The smallest absolute Gasteiger partial charge is 0.330 e. The predicted molar refractivity (Wildman–Crippen MR) is 51.8 cm³/mol. The van der Waals surface area contributed by atoms with Gasteiger partial charge in [0.2, 0.25) is 0 Å². The minimum absolute atomic E-state index is 0.0167. The molecule has 1 unspecified atom stereocenters. The third-order valence-corrected chi connectivity index (χ3v) is 2.50. The summed E-state index contributed by atoms with van der Waals surface area (Å²) in [5, 5.41) is 8.80. The van der Waals surface area contributed by atoms with Gasteiger partial charge < -0.3 is 9.84 Å². The first-order valence-corrected chi connectivity index (χ1v) is 4.83. The fourth-order valence-electron chi connectivity index (χ4n) is 1.68. The molecule has 1 saturated heterocycles. The van der Waals surface area contributed by atoms with Crippen LogP contribution in [0, 0.1) is 0 Å². The second-order valence-electron chi connectivity index (χ2n) is 3.58. The maximum absolute atomic E-state index is 13.3. The summed E-state index contributed by atoms with van der Waals surface area (Å²) in [7, 11) is 0. The van der Waals surface area contributed by atoms with Crippen LogP contribution < -0.4 is 11.2 Å². The van der Waals surface area contributed by atoms with E-state index in [-0.39, 0.29) is 6.42 Å². The van der Waals surface area contributed by atoms with Crippen LogP contribution in [0.15, 0.2) is 21.9 Å².